The molecule has 4 heteroatoms. The van der Waals surface area contributed by atoms with Gasteiger partial charge in [-0.1, -0.05) is 26.7 Å². The molecule has 0 fully saturated rings. The Morgan fingerprint density at radius 2 is 2.00 bits per heavy atom. The molecule has 19 heavy (non-hydrogen) atoms. The average molecular weight is 260 g/mol. The summed E-state index contributed by atoms with van der Waals surface area (Å²) in [5.74, 6) is -0.907. The zero-order chi connectivity index (χ0) is 13.8. The number of aromatic nitrogens is 2. The Kier molecular flexibility index (Phi) is 4.20. The van der Waals surface area contributed by atoms with Crippen molar-refractivity contribution in [1.29, 1.82) is 0 Å². The van der Waals surface area contributed by atoms with Crippen molar-refractivity contribution >= 4 is 17.0 Å². The molecular weight excluding hydrogens is 240 g/mol. The molecule has 2 aromatic rings. The molecule has 0 saturated heterocycles. The lowest BCUT2D eigenvalue weighted by atomic mass is 10.1. The number of carboxylic acids is 1. The maximum atomic E-state index is 11.0. The van der Waals surface area contributed by atoms with Crippen LogP contribution in [0.3, 0.4) is 0 Å². The number of nitrogens with zero attached hydrogens (tertiary/aromatic N) is 2. The Hall–Kier alpha value is -1.84. The van der Waals surface area contributed by atoms with Crippen LogP contribution in [-0.2, 0) is 0 Å². The second kappa shape index (κ2) is 5.87. The zero-order valence-corrected chi connectivity index (χ0v) is 11.5. The largest absolute Gasteiger partial charge is 0.478 e. The van der Waals surface area contributed by atoms with Crippen molar-refractivity contribution in [3.8, 4) is 0 Å². The molecule has 1 heterocycles. The summed E-state index contributed by atoms with van der Waals surface area (Å²) >= 11 is 0. The van der Waals surface area contributed by atoms with Gasteiger partial charge in [-0.25, -0.2) is 9.78 Å². The van der Waals surface area contributed by atoms with E-state index in [1.165, 1.54) is 0 Å². The molecule has 1 aromatic carbocycles. The molecular formula is C15H20N2O2. The summed E-state index contributed by atoms with van der Waals surface area (Å²) < 4.78 is 2.19. The van der Waals surface area contributed by atoms with Crippen molar-refractivity contribution in [1.82, 2.24) is 9.55 Å². The van der Waals surface area contributed by atoms with Crippen LogP contribution < -0.4 is 0 Å². The van der Waals surface area contributed by atoms with E-state index in [1.807, 2.05) is 12.4 Å². The van der Waals surface area contributed by atoms with Gasteiger partial charge in [-0.15, -0.1) is 0 Å². The number of hydrogen-bond acceptors (Lipinski definition) is 2. The maximum Gasteiger partial charge on any atom is 0.335 e. The number of carboxylic acid groups (broad SMARTS) is 1. The maximum absolute atomic E-state index is 11.0. The van der Waals surface area contributed by atoms with E-state index in [0.29, 0.717) is 11.6 Å². The van der Waals surface area contributed by atoms with E-state index < -0.39 is 5.97 Å². The quantitative estimate of drug-likeness (QED) is 0.857. The van der Waals surface area contributed by atoms with Crippen LogP contribution in [0.1, 0.15) is 55.9 Å². The smallest absolute Gasteiger partial charge is 0.335 e. The topological polar surface area (TPSA) is 55.1 Å². The highest BCUT2D eigenvalue weighted by molar-refractivity contribution is 5.92. The fraction of sp³-hybridized carbons (Fsp3) is 0.467. The number of carbonyl (C=O) groups is 1. The molecule has 0 saturated carbocycles. The van der Waals surface area contributed by atoms with Crippen LogP contribution in [0.2, 0.25) is 0 Å². The number of rotatable bonds is 6. The lowest BCUT2D eigenvalue weighted by molar-refractivity contribution is 0.0697. The molecule has 0 aliphatic carbocycles. The lowest BCUT2D eigenvalue weighted by Crippen LogP contribution is -2.07. The molecule has 0 bridgehead atoms. The summed E-state index contributed by atoms with van der Waals surface area (Å²) in [6, 6.07) is 5.61. The third-order valence-corrected chi connectivity index (χ3v) is 3.46. The van der Waals surface area contributed by atoms with E-state index in [-0.39, 0.29) is 0 Å². The first-order valence-corrected chi connectivity index (χ1v) is 6.87. The number of imidazole rings is 1. The molecule has 1 N–H and O–H groups in total. The normalized spacial score (nSPS) is 11.3. The monoisotopic (exact) mass is 260 g/mol. The minimum absolute atomic E-state index is 0.292. The molecule has 0 spiro atoms. The van der Waals surface area contributed by atoms with E-state index in [2.05, 4.69) is 23.4 Å². The third-order valence-electron chi connectivity index (χ3n) is 3.46. The van der Waals surface area contributed by atoms with Crippen LogP contribution in [0.25, 0.3) is 11.0 Å². The predicted octanol–water partition coefficient (Wildman–Crippen LogP) is 3.88. The van der Waals surface area contributed by atoms with Gasteiger partial charge in [-0.2, -0.15) is 0 Å². The standard InChI is InChI=1S/C15H20N2O2/c1-3-5-12(6-4-2)17-10-16-13-9-11(15(18)19)7-8-14(13)17/h7-10,12H,3-6H2,1-2H3,(H,18,19). The Morgan fingerprint density at radius 1 is 1.32 bits per heavy atom. The molecule has 0 atom stereocenters. The molecule has 0 unspecified atom stereocenters. The van der Waals surface area contributed by atoms with Gasteiger partial charge in [-0.3, -0.25) is 0 Å². The third kappa shape index (κ3) is 2.78. The molecule has 1 aromatic heterocycles. The van der Waals surface area contributed by atoms with E-state index in [4.69, 9.17) is 5.11 Å². The second-order valence-corrected chi connectivity index (χ2v) is 4.89. The fourth-order valence-corrected chi connectivity index (χ4v) is 2.54. The first-order valence-electron chi connectivity index (χ1n) is 6.87. The van der Waals surface area contributed by atoms with Crippen LogP contribution in [0.4, 0.5) is 0 Å². The minimum atomic E-state index is -0.907. The van der Waals surface area contributed by atoms with Gasteiger partial charge in [0.15, 0.2) is 0 Å². The van der Waals surface area contributed by atoms with Gasteiger partial charge in [0.2, 0.25) is 0 Å². The van der Waals surface area contributed by atoms with Gasteiger partial charge in [0.1, 0.15) is 0 Å². The summed E-state index contributed by atoms with van der Waals surface area (Å²) in [4.78, 5) is 15.3. The summed E-state index contributed by atoms with van der Waals surface area (Å²) in [5.41, 5.74) is 2.08. The summed E-state index contributed by atoms with van der Waals surface area (Å²) in [7, 11) is 0. The lowest BCUT2D eigenvalue weighted by Gasteiger charge is -2.18. The zero-order valence-electron chi connectivity index (χ0n) is 11.5. The van der Waals surface area contributed by atoms with Gasteiger partial charge in [0, 0.05) is 6.04 Å². The number of benzene rings is 1. The number of aromatic carboxylic acids is 1. The van der Waals surface area contributed by atoms with E-state index in [0.717, 1.165) is 36.7 Å². The first kappa shape index (κ1) is 13.6. The molecule has 0 amide bonds. The highest BCUT2D eigenvalue weighted by Gasteiger charge is 2.13. The van der Waals surface area contributed by atoms with Gasteiger partial charge in [-0.05, 0) is 31.0 Å². The highest BCUT2D eigenvalue weighted by atomic mass is 16.4. The Balaban J connectivity index is 2.41. The highest BCUT2D eigenvalue weighted by Crippen LogP contribution is 2.25. The van der Waals surface area contributed by atoms with Crippen LogP contribution in [-0.4, -0.2) is 20.6 Å². The number of hydrogen-bond donors (Lipinski definition) is 1. The van der Waals surface area contributed by atoms with Crippen molar-refractivity contribution in [3.63, 3.8) is 0 Å². The fourth-order valence-electron chi connectivity index (χ4n) is 2.54. The average Bonchev–Trinajstić information content (AvgIpc) is 2.81. The van der Waals surface area contributed by atoms with E-state index in [9.17, 15) is 4.79 Å². The van der Waals surface area contributed by atoms with Crippen LogP contribution in [0.15, 0.2) is 24.5 Å². The minimum Gasteiger partial charge on any atom is -0.478 e. The van der Waals surface area contributed by atoms with Crippen molar-refractivity contribution in [3.05, 3.63) is 30.1 Å². The Morgan fingerprint density at radius 3 is 2.58 bits per heavy atom. The molecule has 0 aliphatic heterocycles. The summed E-state index contributed by atoms with van der Waals surface area (Å²) in [5, 5.41) is 8.99. The molecule has 0 aliphatic rings. The van der Waals surface area contributed by atoms with E-state index >= 15 is 0 Å². The van der Waals surface area contributed by atoms with Gasteiger partial charge in [0.05, 0.1) is 22.9 Å². The summed E-state index contributed by atoms with van der Waals surface area (Å²) in [6.45, 7) is 4.37. The van der Waals surface area contributed by atoms with Gasteiger partial charge in [0.25, 0.3) is 0 Å². The number of fused-ring (bicyclic) bond motifs is 1. The Bertz CT molecular complexity index is 569. The predicted molar refractivity (Wildman–Crippen MR) is 75.5 cm³/mol. The SMILES string of the molecule is CCCC(CCC)n1cnc2cc(C(=O)O)ccc21. The van der Waals surface area contributed by atoms with Gasteiger partial charge < -0.3 is 9.67 Å². The van der Waals surface area contributed by atoms with E-state index in [1.54, 1.807) is 12.1 Å². The van der Waals surface area contributed by atoms with Crippen molar-refractivity contribution in [2.75, 3.05) is 0 Å². The van der Waals surface area contributed by atoms with Gasteiger partial charge >= 0.3 is 5.97 Å². The molecule has 4 nitrogen and oxygen atoms in total. The van der Waals surface area contributed by atoms with Crippen LogP contribution in [0.5, 0.6) is 0 Å². The van der Waals surface area contributed by atoms with Crippen LogP contribution in [0, 0.1) is 0 Å². The second-order valence-electron chi connectivity index (χ2n) is 4.89. The first-order chi connectivity index (χ1) is 9.17. The van der Waals surface area contributed by atoms with Crippen molar-refractivity contribution in [2.24, 2.45) is 0 Å². The Labute approximate surface area is 113 Å². The summed E-state index contributed by atoms with van der Waals surface area (Å²) in [6.07, 6.45) is 6.36. The molecule has 2 rings (SSSR count). The van der Waals surface area contributed by atoms with Crippen molar-refractivity contribution < 1.29 is 9.90 Å². The molecule has 102 valence electrons. The van der Waals surface area contributed by atoms with Crippen molar-refractivity contribution in [2.45, 2.75) is 45.6 Å². The molecule has 0 radical (unpaired) electrons. The van der Waals surface area contributed by atoms with Crippen LogP contribution >= 0.6 is 0 Å².